The molecular weight excluding hydrogens is 406 g/mol. The van der Waals surface area contributed by atoms with Crippen molar-refractivity contribution in [3.05, 3.63) is 0 Å². The van der Waals surface area contributed by atoms with Gasteiger partial charge >= 0.3 is 0 Å². The van der Waals surface area contributed by atoms with Crippen LogP contribution < -0.4 is 0 Å². The molecule has 0 unspecified atom stereocenters. The van der Waals surface area contributed by atoms with Crippen LogP contribution in [-0.2, 0) is 0 Å². The predicted molar refractivity (Wildman–Crippen MR) is 129 cm³/mol. The third kappa shape index (κ3) is 3.69. The lowest BCUT2D eigenvalue weighted by molar-refractivity contribution is -0.152. The molecule has 31 heavy (non-hydrogen) atoms. The molecule has 0 aromatic heterocycles. The molecule has 4 heteroatoms. The van der Waals surface area contributed by atoms with Crippen LogP contribution in [0.5, 0.6) is 0 Å². The summed E-state index contributed by atoms with van der Waals surface area (Å²) in [6.45, 7) is 12.0. The number of hydrogen-bond acceptors (Lipinski definition) is 3. The molecule has 0 heterocycles. The first kappa shape index (κ1) is 23.9. The number of fused-ring (bicyclic) bond motifs is 5. The summed E-state index contributed by atoms with van der Waals surface area (Å²) in [6, 6.07) is 0. The highest BCUT2D eigenvalue weighted by atomic mass is 35.5. The predicted octanol–water partition coefficient (Wildman–Crippen LogP) is 7.27. The third-order valence-electron chi connectivity index (χ3n) is 10.9. The van der Waals surface area contributed by atoms with Gasteiger partial charge in [-0.25, -0.2) is 0 Å². The molecule has 4 rings (SSSR count). The zero-order valence-electron chi connectivity index (χ0n) is 20.5. The summed E-state index contributed by atoms with van der Waals surface area (Å²) >= 11 is 6.52. The van der Waals surface area contributed by atoms with Gasteiger partial charge in [-0.15, -0.1) is 11.6 Å². The van der Waals surface area contributed by atoms with Crippen LogP contribution in [0.2, 0.25) is 0 Å². The van der Waals surface area contributed by atoms with E-state index in [9.17, 15) is 10.3 Å². The maximum atomic E-state index is 11.8. The molecule has 4 aliphatic rings. The summed E-state index contributed by atoms with van der Waals surface area (Å²) in [5.41, 5.74) is -0.234. The molecule has 4 saturated carbocycles. The zero-order valence-corrected chi connectivity index (χ0v) is 21.3. The summed E-state index contributed by atoms with van der Waals surface area (Å²) in [5, 5.41) is 25.5. The van der Waals surface area contributed by atoms with Gasteiger partial charge in [-0.2, -0.15) is 0 Å². The fraction of sp³-hybridized carbons (Fsp3) is 0.963. The van der Waals surface area contributed by atoms with Crippen LogP contribution in [0.15, 0.2) is 5.16 Å². The van der Waals surface area contributed by atoms with E-state index >= 15 is 0 Å². The van der Waals surface area contributed by atoms with Gasteiger partial charge in [0.05, 0.1) is 5.71 Å². The first-order chi connectivity index (χ1) is 14.6. The van der Waals surface area contributed by atoms with Crippen LogP contribution in [0.1, 0.15) is 105 Å². The van der Waals surface area contributed by atoms with E-state index in [0.717, 1.165) is 37.0 Å². The Labute approximate surface area is 195 Å². The second-order valence-electron chi connectivity index (χ2n) is 12.8. The largest absolute Gasteiger partial charge is 0.411 e. The minimum atomic E-state index is -1.04. The zero-order chi connectivity index (χ0) is 22.6. The molecule has 4 fully saturated rings. The average molecular weight is 452 g/mol. The van der Waals surface area contributed by atoms with Gasteiger partial charge in [0.1, 0.15) is 5.60 Å². The lowest BCUT2D eigenvalue weighted by Gasteiger charge is -2.64. The molecule has 0 amide bonds. The number of nitrogens with zero attached hydrogens (tertiary/aromatic N) is 1. The van der Waals surface area contributed by atoms with Crippen LogP contribution in [0, 0.1) is 46.3 Å². The lowest BCUT2D eigenvalue weighted by Crippen LogP contribution is -2.66. The van der Waals surface area contributed by atoms with Crippen molar-refractivity contribution >= 4 is 17.3 Å². The van der Waals surface area contributed by atoms with Crippen molar-refractivity contribution in [2.75, 3.05) is 0 Å². The Balaban J connectivity index is 1.57. The minimum absolute atomic E-state index is 0.0252. The van der Waals surface area contributed by atoms with Gasteiger partial charge in [0.2, 0.25) is 0 Å². The fourth-order valence-corrected chi connectivity index (χ4v) is 9.49. The van der Waals surface area contributed by atoms with Crippen molar-refractivity contribution in [1.29, 1.82) is 0 Å². The van der Waals surface area contributed by atoms with Crippen molar-refractivity contribution in [3.8, 4) is 0 Å². The van der Waals surface area contributed by atoms with E-state index in [-0.39, 0.29) is 10.8 Å². The molecule has 0 spiro atoms. The van der Waals surface area contributed by atoms with Crippen LogP contribution >= 0.6 is 11.6 Å². The molecule has 2 N–H and O–H groups in total. The summed E-state index contributed by atoms with van der Waals surface area (Å²) in [5.74, 6) is 4.15. The van der Waals surface area contributed by atoms with E-state index in [1.165, 1.54) is 44.9 Å². The molecular formula is C27H46ClNO2. The number of oxime groups is 1. The monoisotopic (exact) mass is 451 g/mol. The van der Waals surface area contributed by atoms with Crippen molar-refractivity contribution in [2.45, 2.75) is 116 Å². The summed E-state index contributed by atoms with van der Waals surface area (Å²) in [6.07, 6.45) is 12.4. The Morgan fingerprint density at radius 1 is 1.03 bits per heavy atom. The van der Waals surface area contributed by atoms with Crippen molar-refractivity contribution < 1.29 is 10.3 Å². The first-order valence-corrected chi connectivity index (χ1v) is 13.6. The molecule has 0 radical (unpaired) electrons. The Morgan fingerprint density at radius 3 is 2.45 bits per heavy atom. The topological polar surface area (TPSA) is 52.8 Å². The second-order valence-corrected chi connectivity index (χ2v) is 13.4. The van der Waals surface area contributed by atoms with E-state index in [2.05, 4.69) is 39.8 Å². The van der Waals surface area contributed by atoms with Crippen molar-refractivity contribution in [1.82, 2.24) is 0 Å². The van der Waals surface area contributed by atoms with E-state index in [0.29, 0.717) is 35.3 Å². The van der Waals surface area contributed by atoms with Gasteiger partial charge in [-0.05, 0) is 92.3 Å². The number of rotatable bonds is 5. The first-order valence-electron chi connectivity index (χ1n) is 13.1. The van der Waals surface area contributed by atoms with E-state index in [1.807, 2.05) is 0 Å². The average Bonchev–Trinajstić information content (AvgIpc) is 3.05. The standard InChI is InChI=1S/C27H46ClNO2/c1-17(2)7-6-8-18(3)21-9-10-22-20-15-24(29-31)27(30)16-19(28)11-14-26(27,5)23(20)12-13-25(21,22)4/h17-23,30-31H,6-16H2,1-5H3/b29-24-/t18-,19+,20+,21-,22+,23+,25-,26-,27+/m1/s1. The summed E-state index contributed by atoms with van der Waals surface area (Å²) in [7, 11) is 0. The van der Waals surface area contributed by atoms with Crippen LogP contribution in [0.3, 0.4) is 0 Å². The normalized spacial score (nSPS) is 49.5. The highest BCUT2D eigenvalue weighted by Gasteiger charge is 2.67. The SMILES string of the molecule is CC(C)CCC[C@@H](C)[C@H]1CC[C@H]2[C@@H]3C/C(=N/O)[C@@]4(O)C[C@@H](Cl)CC[C@]4(C)[C@H]3CC[C@]12C. The van der Waals surface area contributed by atoms with Gasteiger partial charge in [0.25, 0.3) is 0 Å². The van der Waals surface area contributed by atoms with Crippen LogP contribution in [0.4, 0.5) is 0 Å². The summed E-state index contributed by atoms with van der Waals surface area (Å²) in [4.78, 5) is 0. The maximum absolute atomic E-state index is 11.8. The second kappa shape index (κ2) is 8.49. The molecule has 0 aromatic rings. The van der Waals surface area contributed by atoms with Crippen LogP contribution in [-0.4, -0.2) is 27.0 Å². The lowest BCUT2D eigenvalue weighted by atomic mass is 9.42. The maximum Gasteiger partial charge on any atom is 0.113 e. The quantitative estimate of drug-likeness (QED) is 0.262. The Morgan fingerprint density at radius 2 is 1.77 bits per heavy atom. The van der Waals surface area contributed by atoms with Gasteiger partial charge in [0, 0.05) is 10.8 Å². The van der Waals surface area contributed by atoms with Crippen molar-refractivity contribution in [2.24, 2.45) is 51.5 Å². The molecule has 0 bridgehead atoms. The minimum Gasteiger partial charge on any atom is -0.411 e. The third-order valence-corrected chi connectivity index (χ3v) is 11.3. The Kier molecular flexibility index (Phi) is 6.54. The molecule has 0 aliphatic heterocycles. The highest BCUT2D eigenvalue weighted by molar-refractivity contribution is 6.21. The Hall–Kier alpha value is -0.280. The molecule has 178 valence electrons. The molecule has 0 aromatic carbocycles. The molecule has 4 aliphatic carbocycles. The van der Waals surface area contributed by atoms with Gasteiger partial charge < -0.3 is 10.3 Å². The van der Waals surface area contributed by atoms with Gasteiger partial charge in [-0.1, -0.05) is 59.0 Å². The number of alkyl halides is 1. The fourth-order valence-electron chi connectivity index (χ4n) is 9.16. The summed E-state index contributed by atoms with van der Waals surface area (Å²) < 4.78 is 0. The van der Waals surface area contributed by atoms with Gasteiger partial charge in [-0.3, -0.25) is 0 Å². The van der Waals surface area contributed by atoms with Gasteiger partial charge in [0.15, 0.2) is 0 Å². The number of halogens is 1. The number of aliphatic hydroxyl groups is 1. The Bertz CT molecular complexity index is 695. The smallest absolute Gasteiger partial charge is 0.113 e. The molecule has 9 atom stereocenters. The van der Waals surface area contributed by atoms with E-state index in [1.54, 1.807) is 0 Å². The highest BCUT2D eigenvalue weighted by Crippen LogP contribution is 2.68. The molecule has 3 nitrogen and oxygen atoms in total. The van der Waals surface area contributed by atoms with E-state index in [4.69, 9.17) is 11.6 Å². The van der Waals surface area contributed by atoms with Crippen LogP contribution in [0.25, 0.3) is 0 Å². The van der Waals surface area contributed by atoms with Crippen molar-refractivity contribution in [3.63, 3.8) is 0 Å². The molecule has 0 saturated heterocycles. The number of hydrogen-bond donors (Lipinski definition) is 2. The van der Waals surface area contributed by atoms with E-state index < -0.39 is 5.60 Å².